The minimum Gasteiger partial charge on any atom is -0.450 e. The van der Waals surface area contributed by atoms with E-state index in [4.69, 9.17) is 15.2 Å². The van der Waals surface area contributed by atoms with Crippen LogP contribution in [0.1, 0.15) is 22.9 Å². The van der Waals surface area contributed by atoms with E-state index >= 15 is 0 Å². The Morgan fingerprint density at radius 3 is 2.81 bits per heavy atom. The number of nitrogens with two attached hydrogens (primary N) is 1. The zero-order chi connectivity index (χ0) is 22.5. The Morgan fingerprint density at radius 2 is 2.03 bits per heavy atom. The van der Waals surface area contributed by atoms with Gasteiger partial charge in [0.05, 0.1) is 32.1 Å². The topological polar surface area (TPSA) is 97.1 Å². The molecule has 2 aliphatic heterocycles. The van der Waals surface area contributed by atoms with Gasteiger partial charge < -0.3 is 30.3 Å². The average molecular weight is 457 g/mol. The van der Waals surface area contributed by atoms with Gasteiger partial charge in [-0.3, -0.25) is 4.79 Å². The van der Waals surface area contributed by atoms with Crippen LogP contribution in [0.15, 0.2) is 30.3 Å². The molecule has 1 aromatic heterocycles. The van der Waals surface area contributed by atoms with E-state index in [0.717, 1.165) is 34.8 Å². The van der Waals surface area contributed by atoms with Crippen molar-refractivity contribution in [2.45, 2.75) is 19.9 Å². The molecule has 2 aliphatic rings. The summed E-state index contributed by atoms with van der Waals surface area (Å²) in [6.07, 6.45) is 3.68. The molecule has 0 aliphatic carbocycles. The number of nitrogens with one attached hydrogen (secondary N) is 1. The van der Waals surface area contributed by atoms with Crippen molar-refractivity contribution in [3.8, 4) is 0 Å². The van der Waals surface area contributed by atoms with Gasteiger partial charge in [-0.05, 0) is 36.6 Å². The second-order valence-electron chi connectivity index (χ2n) is 7.60. The first-order valence-electron chi connectivity index (χ1n) is 10.8. The van der Waals surface area contributed by atoms with Crippen molar-refractivity contribution in [1.29, 1.82) is 0 Å². The number of morpholine rings is 1. The van der Waals surface area contributed by atoms with E-state index in [-0.39, 0.29) is 12.0 Å². The molecule has 1 fully saturated rings. The van der Waals surface area contributed by atoms with E-state index in [1.807, 2.05) is 24.3 Å². The van der Waals surface area contributed by atoms with Crippen LogP contribution in [0.5, 0.6) is 0 Å². The molecule has 2 aromatic rings. The first kappa shape index (κ1) is 22.2. The van der Waals surface area contributed by atoms with Gasteiger partial charge in [-0.25, -0.2) is 4.79 Å². The smallest absolute Gasteiger partial charge is 0.410 e. The molecule has 2 amide bonds. The molecule has 3 heterocycles. The molecule has 0 atom stereocenters. The predicted octanol–water partition coefficient (Wildman–Crippen LogP) is 3.33. The second-order valence-corrected chi connectivity index (χ2v) is 8.70. The number of benzene rings is 1. The van der Waals surface area contributed by atoms with Crippen molar-refractivity contribution in [1.82, 2.24) is 4.90 Å². The summed E-state index contributed by atoms with van der Waals surface area (Å²) < 4.78 is 10.5. The molecule has 0 bridgehead atoms. The molecule has 32 heavy (non-hydrogen) atoms. The monoisotopic (exact) mass is 456 g/mol. The van der Waals surface area contributed by atoms with Crippen LogP contribution in [-0.2, 0) is 27.2 Å². The molecule has 3 N–H and O–H groups in total. The molecular formula is C23H28N4O4S. The van der Waals surface area contributed by atoms with Crippen LogP contribution in [0.3, 0.4) is 0 Å². The summed E-state index contributed by atoms with van der Waals surface area (Å²) in [5.74, 6) is -0.241. The number of rotatable bonds is 5. The van der Waals surface area contributed by atoms with Crippen LogP contribution < -0.4 is 16.0 Å². The Bertz CT molecular complexity index is 1010. The largest absolute Gasteiger partial charge is 0.450 e. The molecule has 1 aromatic carbocycles. The molecule has 0 saturated carbocycles. The fraction of sp³-hybridized carbons (Fsp3) is 0.391. The molecule has 0 radical (unpaired) electrons. The van der Waals surface area contributed by atoms with E-state index in [9.17, 15) is 9.59 Å². The quantitative estimate of drug-likeness (QED) is 0.670. The average Bonchev–Trinajstić information content (AvgIpc) is 3.13. The highest BCUT2D eigenvalue weighted by molar-refractivity contribution is 7.17. The number of carbonyl (C=O) groups is 2. The van der Waals surface area contributed by atoms with Gasteiger partial charge in [0.25, 0.3) is 0 Å². The first-order valence-corrected chi connectivity index (χ1v) is 11.6. The van der Waals surface area contributed by atoms with Crippen molar-refractivity contribution in [2.75, 3.05) is 55.4 Å². The Labute approximate surface area is 191 Å². The van der Waals surface area contributed by atoms with Crippen molar-refractivity contribution >= 4 is 45.8 Å². The number of anilines is 3. The van der Waals surface area contributed by atoms with Crippen molar-refractivity contribution < 1.29 is 19.1 Å². The van der Waals surface area contributed by atoms with Crippen molar-refractivity contribution in [2.24, 2.45) is 0 Å². The van der Waals surface area contributed by atoms with Crippen molar-refractivity contribution in [3.63, 3.8) is 0 Å². The highest BCUT2D eigenvalue weighted by Crippen LogP contribution is 2.39. The summed E-state index contributed by atoms with van der Waals surface area (Å²) in [6, 6.07) is 8.01. The number of nitrogen functional groups attached to an aromatic ring is 1. The fourth-order valence-electron chi connectivity index (χ4n) is 3.93. The van der Waals surface area contributed by atoms with Gasteiger partial charge in [-0.2, -0.15) is 0 Å². The van der Waals surface area contributed by atoms with E-state index < -0.39 is 0 Å². The minimum absolute atomic E-state index is 0.241. The van der Waals surface area contributed by atoms with E-state index in [1.165, 1.54) is 17.4 Å². The SMILES string of the molecule is CCOC(=O)N1CCc2c(sc(NC(=O)/C=C/c3ccccc3N3CCOCC3)c2N)C1. The molecule has 170 valence electrons. The lowest BCUT2D eigenvalue weighted by Gasteiger charge is -2.30. The van der Waals surface area contributed by atoms with Crippen LogP contribution in [-0.4, -0.2) is 56.4 Å². The molecule has 0 unspecified atom stereocenters. The lowest BCUT2D eigenvalue weighted by molar-refractivity contribution is -0.111. The maximum absolute atomic E-state index is 12.6. The molecule has 1 saturated heterocycles. The lowest BCUT2D eigenvalue weighted by Crippen LogP contribution is -2.36. The number of amides is 2. The molecule has 4 rings (SSSR count). The minimum atomic E-state index is -0.322. The van der Waals surface area contributed by atoms with Gasteiger partial charge in [-0.15, -0.1) is 11.3 Å². The summed E-state index contributed by atoms with van der Waals surface area (Å²) in [5.41, 5.74) is 9.96. The normalized spacial score (nSPS) is 16.2. The lowest BCUT2D eigenvalue weighted by atomic mass is 10.1. The Balaban J connectivity index is 1.44. The van der Waals surface area contributed by atoms with E-state index in [0.29, 0.717) is 50.0 Å². The molecular weight excluding hydrogens is 428 g/mol. The number of hydrogen-bond acceptors (Lipinski definition) is 7. The molecule has 0 spiro atoms. The van der Waals surface area contributed by atoms with Crippen LogP contribution in [0.25, 0.3) is 6.08 Å². The van der Waals surface area contributed by atoms with Crippen molar-refractivity contribution in [3.05, 3.63) is 46.3 Å². The van der Waals surface area contributed by atoms with Crippen LogP contribution in [0.2, 0.25) is 0 Å². The van der Waals surface area contributed by atoms with E-state index in [1.54, 1.807) is 11.8 Å². The molecule has 8 nitrogen and oxygen atoms in total. The summed E-state index contributed by atoms with van der Waals surface area (Å²) in [7, 11) is 0. The summed E-state index contributed by atoms with van der Waals surface area (Å²) in [6.45, 7) is 6.20. The van der Waals surface area contributed by atoms with Gasteiger partial charge in [0.15, 0.2) is 0 Å². The van der Waals surface area contributed by atoms with Gasteiger partial charge in [0.1, 0.15) is 5.00 Å². The number of ether oxygens (including phenoxy) is 2. The summed E-state index contributed by atoms with van der Waals surface area (Å²) in [4.78, 5) is 29.6. The zero-order valence-corrected chi connectivity index (χ0v) is 19.0. The Hall–Kier alpha value is -3.04. The number of para-hydroxylation sites is 1. The third-order valence-electron chi connectivity index (χ3n) is 5.56. The third-order valence-corrected chi connectivity index (χ3v) is 6.71. The Kier molecular flexibility index (Phi) is 6.96. The maximum Gasteiger partial charge on any atom is 0.410 e. The van der Waals surface area contributed by atoms with Crippen LogP contribution >= 0.6 is 11.3 Å². The highest BCUT2D eigenvalue weighted by atomic mass is 32.1. The standard InChI is InChI=1S/C23H28N4O4S/c1-2-31-23(29)27-10-9-17-19(15-27)32-22(21(17)24)25-20(28)8-7-16-5-3-4-6-18(16)26-11-13-30-14-12-26/h3-8H,2,9-15,24H2,1H3,(H,25,28)/b8-7+. The predicted molar refractivity (Wildman–Crippen MR) is 127 cm³/mol. The van der Waals surface area contributed by atoms with Gasteiger partial charge in [-0.1, -0.05) is 18.2 Å². The van der Waals surface area contributed by atoms with Gasteiger partial charge in [0, 0.05) is 36.3 Å². The van der Waals surface area contributed by atoms with Crippen LogP contribution in [0, 0.1) is 0 Å². The second kappa shape index (κ2) is 10.1. The number of carbonyl (C=O) groups excluding carboxylic acids is 2. The summed E-state index contributed by atoms with van der Waals surface area (Å²) >= 11 is 1.41. The van der Waals surface area contributed by atoms with Gasteiger partial charge >= 0.3 is 6.09 Å². The van der Waals surface area contributed by atoms with Gasteiger partial charge in [0.2, 0.25) is 5.91 Å². The zero-order valence-electron chi connectivity index (χ0n) is 18.1. The fourth-order valence-corrected chi connectivity index (χ4v) is 5.12. The van der Waals surface area contributed by atoms with Crippen LogP contribution in [0.4, 0.5) is 21.2 Å². The number of nitrogens with zero attached hydrogens (tertiary/aromatic N) is 2. The third kappa shape index (κ3) is 4.89. The molecule has 9 heteroatoms. The Morgan fingerprint density at radius 1 is 1.25 bits per heavy atom. The highest BCUT2D eigenvalue weighted by Gasteiger charge is 2.27. The number of fused-ring (bicyclic) bond motifs is 1. The maximum atomic E-state index is 12.6. The van der Waals surface area contributed by atoms with E-state index in [2.05, 4.69) is 16.3 Å². The number of thiophene rings is 1. The number of hydrogen-bond donors (Lipinski definition) is 2. The first-order chi connectivity index (χ1) is 15.6. The summed E-state index contributed by atoms with van der Waals surface area (Å²) in [5, 5.41) is 3.53.